The van der Waals surface area contributed by atoms with Crippen molar-refractivity contribution in [1.29, 1.82) is 0 Å². The zero-order chi connectivity index (χ0) is 16.7. The number of esters is 1. The van der Waals surface area contributed by atoms with Crippen molar-refractivity contribution in [2.75, 3.05) is 26.3 Å². The van der Waals surface area contributed by atoms with Gasteiger partial charge in [-0.3, -0.25) is 0 Å². The van der Waals surface area contributed by atoms with E-state index in [-0.39, 0.29) is 11.8 Å². The van der Waals surface area contributed by atoms with Crippen LogP contribution >= 0.6 is 11.6 Å². The highest BCUT2D eigenvalue weighted by Gasteiger charge is 2.22. The lowest BCUT2D eigenvalue weighted by Crippen LogP contribution is -2.30. The largest absolute Gasteiger partial charge is 0.494 e. The van der Waals surface area contributed by atoms with Crippen LogP contribution in [0, 0.1) is 0 Å². The van der Waals surface area contributed by atoms with Crippen LogP contribution in [0.4, 0.5) is 0 Å². The van der Waals surface area contributed by atoms with E-state index in [0.717, 1.165) is 24.3 Å². The molecule has 0 unspecified atom stereocenters. The SMILES string of the molecule is CCOC(=O)c1ccc(OCC[C@@H]2CCCN2CC)cc1CCl. The maximum absolute atomic E-state index is 11.9. The first kappa shape index (κ1) is 18.1. The van der Waals surface area contributed by atoms with Gasteiger partial charge in [0, 0.05) is 11.9 Å². The van der Waals surface area contributed by atoms with Gasteiger partial charge in [-0.1, -0.05) is 6.92 Å². The Labute approximate surface area is 143 Å². The van der Waals surface area contributed by atoms with E-state index in [4.69, 9.17) is 21.1 Å². The van der Waals surface area contributed by atoms with Gasteiger partial charge in [0.25, 0.3) is 0 Å². The molecule has 1 aliphatic heterocycles. The van der Waals surface area contributed by atoms with Crippen molar-refractivity contribution in [2.45, 2.75) is 45.0 Å². The van der Waals surface area contributed by atoms with Crippen LogP contribution in [0.5, 0.6) is 5.75 Å². The summed E-state index contributed by atoms with van der Waals surface area (Å²) in [6.45, 7) is 7.34. The molecule has 128 valence electrons. The number of alkyl halides is 1. The number of hydrogen-bond acceptors (Lipinski definition) is 4. The maximum Gasteiger partial charge on any atom is 0.338 e. The fourth-order valence-corrected chi connectivity index (χ4v) is 3.35. The molecule has 0 radical (unpaired) electrons. The molecule has 1 heterocycles. The van der Waals surface area contributed by atoms with Crippen LogP contribution in [0.2, 0.25) is 0 Å². The van der Waals surface area contributed by atoms with Crippen molar-refractivity contribution >= 4 is 17.6 Å². The van der Waals surface area contributed by atoms with E-state index < -0.39 is 0 Å². The minimum atomic E-state index is -0.334. The van der Waals surface area contributed by atoms with Crippen LogP contribution in [0.3, 0.4) is 0 Å². The molecule has 0 bridgehead atoms. The van der Waals surface area contributed by atoms with Crippen molar-refractivity contribution in [3.63, 3.8) is 0 Å². The molecule has 0 spiro atoms. The lowest BCUT2D eigenvalue weighted by molar-refractivity contribution is 0.0525. The maximum atomic E-state index is 11.9. The van der Waals surface area contributed by atoms with E-state index in [0.29, 0.717) is 24.8 Å². The number of hydrogen-bond donors (Lipinski definition) is 0. The predicted octanol–water partition coefficient (Wildman–Crippen LogP) is 3.86. The summed E-state index contributed by atoms with van der Waals surface area (Å²) in [6.07, 6.45) is 3.57. The normalized spacial score (nSPS) is 18.1. The number of nitrogens with zero attached hydrogens (tertiary/aromatic N) is 1. The third-order valence-electron chi connectivity index (χ3n) is 4.34. The van der Waals surface area contributed by atoms with E-state index >= 15 is 0 Å². The molecular weight excluding hydrogens is 314 g/mol. The van der Waals surface area contributed by atoms with E-state index in [2.05, 4.69) is 11.8 Å². The monoisotopic (exact) mass is 339 g/mol. The first-order valence-electron chi connectivity index (χ1n) is 8.42. The topological polar surface area (TPSA) is 38.8 Å². The van der Waals surface area contributed by atoms with Crippen LogP contribution in [0.1, 0.15) is 49.0 Å². The number of halogens is 1. The average molecular weight is 340 g/mol. The highest BCUT2D eigenvalue weighted by atomic mass is 35.5. The Bertz CT molecular complexity index is 521. The number of carbonyl (C=O) groups excluding carboxylic acids is 1. The molecule has 1 saturated heterocycles. The summed E-state index contributed by atoms with van der Waals surface area (Å²) in [5, 5.41) is 0. The van der Waals surface area contributed by atoms with Crippen LogP contribution in [-0.2, 0) is 10.6 Å². The molecule has 0 aliphatic carbocycles. The van der Waals surface area contributed by atoms with E-state index in [9.17, 15) is 4.79 Å². The van der Waals surface area contributed by atoms with Crippen molar-refractivity contribution < 1.29 is 14.3 Å². The molecule has 1 aromatic carbocycles. The van der Waals surface area contributed by atoms with Crippen molar-refractivity contribution in [3.05, 3.63) is 29.3 Å². The Morgan fingerprint density at radius 2 is 2.22 bits per heavy atom. The fraction of sp³-hybridized carbons (Fsp3) is 0.611. The quantitative estimate of drug-likeness (QED) is 0.532. The molecule has 0 amide bonds. The first-order chi connectivity index (χ1) is 11.2. The number of rotatable bonds is 8. The zero-order valence-electron chi connectivity index (χ0n) is 14.0. The highest BCUT2D eigenvalue weighted by Crippen LogP contribution is 2.23. The van der Waals surface area contributed by atoms with Crippen LogP contribution in [-0.4, -0.2) is 43.2 Å². The minimum Gasteiger partial charge on any atom is -0.494 e. The minimum absolute atomic E-state index is 0.261. The molecule has 1 aliphatic rings. The number of ether oxygens (including phenoxy) is 2. The summed E-state index contributed by atoms with van der Waals surface area (Å²) < 4.78 is 10.9. The molecule has 0 N–H and O–H groups in total. The van der Waals surface area contributed by atoms with Gasteiger partial charge in [-0.25, -0.2) is 4.79 Å². The first-order valence-corrected chi connectivity index (χ1v) is 8.95. The van der Waals surface area contributed by atoms with Gasteiger partial charge in [-0.2, -0.15) is 0 Å². The van der Waals surface area contributed by atoms with Crippen molar-refractivity contribution in [3.8, 4) is 5.75 Å². The molecule has 4 nitrogen and oxygen atoms in total. The fourth-order valence-electron chi connectivity index (χ4n) is 3.13. The van der Waals surface area contributed by atoms with Gasteiger partial charge in [0.15, 0.2) is 0 Å². The molecule has 0 aromatic heterocycles. The Kier molecular flexibility index (Phi) is 7.18. The van der Waals surface area contributed by atoms with E-state index in [1.165, 1.54) is 19.4 Å². The molecule has 23 heavy (non-hydrogen) atoms. The van der Waals surface area contributed by atoms with Gasteiger partial charge in [-0.05, 0) is 63.0 Å². The molecule has 1 atom stereocenters. The Hall–Kier alpha value is -1.26. The van der Waals surface area contributed by atoms with Crippen molar-refractivity contribution in [2.24, 2.45) is 0 Å². The number of benzene rings is 1. The number of carbonyl (C=O) groups is 1. The van der Waals surface area contributed by atoms with Crippen LogP contribution in [0.25, 0.3) is 0 Å². The van der Waals surface area contributed by atoms with Gasteiger partial charge >= 0.3 is 5.97 Å². The molecule has 2 rings (SSSR count). The highest BCUT2D eigenvalue weighted by molar-refractivity contribution is 6.17. The van der Waals surface area contributed by atoms with Gasteiger partial charge in [0.1, 0.15) is 5.75 Å². The smallest absolute Gasteiger partial charge is 0.338 e. The average Bonchev–Trinajstić information content (AvgIpc) is 3.02. The molecular formula is C18H26ClNO3. The molecule has 1 fully saturated rings. The third-order valence-corrected chi connectivity index (χ3v) is 4.63. The third kappa shape index (κ3) is 4.85. The summed E-state index contributed by atoms with van der Waals surface area (Å²) in [6, 6.07) is 6.02. The Morgan fingerprint density at radius 1 is 1.39 bits per heavy atom. The van der Waals surface area contributed by atoms with Gasteiger partial charge < -0.3 is 14.4 Å². The molecule has 1 aromatic rings. The standard InChI is InChI=1S/C18H26ClNO3/c1-3-20-10-5-6-15(20)9-11-23-16-7-8-17(14(12-16)13-19)18(21)22-4-2/h7-8,12,15H,3-6,9-11,13H2,1-2H3/t15-/m0/s1. The Morgan fingerprint density at radius 3 is 2.91 bits per heavy atom. The second kappa shape index (κ2) is 9.14. The second-order valence-corrected chi connectivity index (χ2v) is 6.00. The lowest BCUT2D eigenvalue weighted by atomic mass is 10.1. The summed E-state index contributed by atoms with van der Waals surface area (Å²) in [4.78, 5) is 14.4. The summed E-state index contributed by atoms with van der Waals surface area (Å²) >= 11 is 5.95. The second-order valence-electron chi connectivity index (χ2n) is 5.73. The summed E-state index contributed by atoms with van der Waals surface area (Å²) in [7, 11) is 0. The number of likely N-dealkylation sites (tertiary alicyclic amines) is 1. The van der Waals surface area contributed by atoms with Gasteiger partial charge in [0.2, 0.25) is 0 Å². The molecule has 5 heteroatoms. The summed E-state index contributed by atoms with van der Waals surface area (Å²) in [5.74, 6) is 0.686. The zero-order valence-corrected chi connectivity index (χ0v) is 14.8. The Balaban J connectivity index is 1.91. The van der Waals surface area contributed by atoms with Crippen LogP contribution < -0.4 is 4.74 Å². The van der Waals surface area contributed by atoms with Crippen molar-refractivity contribution in [1.82, 2.24) is 4.90 Å². The van der Waals surface area contributed by atoms with E-state index in [1.54, 1.807) is 13.0 Å². The predicted molar refractivity (Wildman–Crippen MR) is 92.3 cm³/mol. The van der Waals surface area contributed by atoms with E-state index in [1.807, 2.05) is 12.1 Å². The van der Waals surface area contributed by atoms with Gasteiger partial charge in [-0.15, -0.1) is 11.6 Å². The van der Waals surface area contributed by atoms with Crippen LogP contribution in [0.15, 0.2) is 18.2 Å². The van der Waals surface area contributed by atoms with Gasteiger partial charge in [0.05, 0.1) is 18.8 Å². The summed E-state index contributed by atoms with van der Waals surface area (Å²) in [5.41, 5.74) is 1.26. The lowest BCUT2D eigenvalue weighted by Gasteiger charge is -2.22. The molecule has 0 saturated carbocycles.